The number of aromatic nitrogens is 3. The van der Waals surface area contributed by atoms with Crippen LogP contribution < -0.4 is 15.8 Å². The molecule has 2 aromatic rings. The van der Waals surface area contributed by atoms with Crippen LogP contribution in [-0.2, 0) is 0 Å². The van der Waals surface area contributed by atoms with E-state index in [2.05, 4.69) is 27.2 Å². The minimum atomic E-state index is 0.419. The van der Waals surface area contributed by atoms with Crippen molar-refractivity contribution in [2.24, 2.45) is 0 Å². The van der Waals surface area contributed by atoms with Crippen LogP contribution in [0.15, 0.2) is 24.7 Å². The highest BCUT2D eigenvalue weighted by Crippen LogP contribution is 2.25. The Morgan fingerprint density at radius 3 is 2.79 bits per heavy atom. The highest BCUT2D eigenvalue weighted by atomic mass is 16.5. The van der Waals surface area contributed by atoms with E-state index in [1.54, 1.807) is 12.3 Å². The summed E-state index contributed by atoms with van der Waals surface area (Å²) in [6, 6.07) is 3.66. The molecule has 0 aliphatic rings. The second-order valence-corrected chi connectivity index (χ2v) is 4.04. The van der Waals surface area contributed by atoms with E-state index in [0.717, 1.165) is 30.0 Å². The molecule has 100 valence electrons. The van der Waals surface area contributed by atoms with Gasteiger partial charge in [0.2, 0.25) is 5.88 Å². The van der Waals surface area contributed by atoms with Crippen LogP contribution in [0, 0.1) is 0 Å². The van der Waals surface area contributed by atoms with Gasteiger partial charge < -0.3 is 15.8 Å². The van der Waals surface area contributed by atoms with E-state index in [1.165, 1.54) is 13.4 Å². The van der Waals surface area contributed by atoms with Crippen LogP contribution in [0.5, 0.6) is 5.88 Å². The van der Waals surface area contributed by atoms with Crippen molar-refractivity contribution in [3.63, 3.8) is 0 Å². The molecule has 19 heavy (non-hydrogen) atoms. The summed E-state index contributed by atoms with van der Waals surface area (Å²) in [6.45, 7) is 2.97. The quantitative estimate of drug-likeness (QED) is 0.853. The van der Waals surface area contributed by atoms with E-state index in [9.17, 15) is 0 Å². The molecule has 0 unspecified atom stereocenters. The summed E-state index contributed by atoms with van der Waals surface area (Å²) in [7, 11) is 1.54. The van der Waals surface area contributed by atoms with Crippen LogP contribution in [0.25, 0.3) is 11.3 Å². The third-order valence-electron chi connectivity index (χ3n) is 2.59. The summed E-state index contributed by atoms with van der Waals surface area (Å²) in [5, 5.41) is 3.21. The maximum atomic E-state index is 5.84. The van der Waals surface area contributed by atoms with E-state index in [4.69, 9.17) is 10.5 Å². The molecule has 0 amide bonds. The Morgan fingerprint density at radius 1 is 1.26 bits per heavy atom. The normalized spacial score (nSPS) is 10.2. The first-order valence-corrected chi connectivity index (χ1v) is 6.10. The van der Waals surface area contributed by atoms with E-state index in [0.29, 0.717) is 11.6 Å². The van der Waals surface area contributed by atoms with Crippen LogP contribution in [0.4, 0.5) is 11.5 Å². The number of nitrogens with one attached hydrogen (secondary N) is 1. The number of hydrogen-bond donors (Lipinski definition) is 2. The van der Waals surface area contributed by atoms with Crippen LogP contribution >= 0.6 is 0 Å². The largest absolute Gasteiger partial charge is 0.480 e. The lowest BCUT2D eigenvalue weighted by Gasteiger charge is -2.07. The number of hydrogen-bond acceptors (Lipinski definition) is 6. The lowest BCUT2D eigenvalue weighted by Crippen LogP contribution is -2.02. The molecule has 0 aliphatic carbocycles. The first-order chi connectivity index (χ1) is 9.24. The van der Waals surface area contributed by atoms with Crippen molar-refractivity contribution >= 4 is 11.5 Å². The molecule has 0 bridgehead atoms. The van der Waals surface area contributed by atoms with Crippen molar-refractivity contribution < 1.29 is 4.74 Å². The lowest BCUT2D eigenvalue weighted by molar-refractivity contribution is 0.400. The molecule has 2 rings (SSSR count). The molecule has 0 saturated carbocycles. The zero-order chi connectivity index (χ0) is 13.7. The molecule has 0 aliphatic heterocycles. The summed E-state index contributed by atoms with van der Waals surface area (Å²) < 4.78 is 5.03. The zero-order valence-electron chi connectivity index (χ0n) is 11.1. The maximum Gasteiger partial charge on any atom is 0.236 e. The summed E-state index contributed by atoms with van der Waals surface area (Å²) in [5.74, 6) is 1.21. The Morgan fingerprint density at radius 2 is 2.11 bits per heavy atom. The number of methoxy groups -OCH3 is 1. The summed E-state index contributed by atoms with van der Waals surface area (Å²) in [4.78, 5) is 12.5. The molecule has 0 radical (unpaired) electrons. The number of nitrogens with zero attached hydrogens (tertiary/aromatic N) is 3. The Bertz CT molecular complexity index is 558. The van der Waals surface area contributed by atoms with Gasteiger partial charge in [0.25, 0.3) is 0 Å². The van der Waals surface area contributed by atoms with E-state index in [1.807, 2.05) is 6.07 Å². The van der Waals surface area contributed by atoms with Gasteiger partial charge in [0.05, 0.1) is 18.5 Å². The minimum absolute atomic E-state index is 0.419. The van der Waals surface area contributed by atoms with Gasteiger partial charge in [0.15, 0.2) is 0 Å². The number of pyridine rings is 1. The molecule has 3 N–H and O–H groups in total. The molecule has 0 atom stereocenters. The van der Waals surface area contributed by atoms with Gasteiger partial charge in [0, 0.05) is 24.4 Å². The molecule has 2 aromatic heterocycles. The van der Waals surface area contributed by atoms with Crippen molar-refractivity contribution in [3.8, 4) is 17.1 Å². The average Bonchev–Trinajstić information content (AvgIpc) is 2.45. The molecule has 6 nitrogen and oxygen atoms in total. The number of ether oxygens (including phenoxy) is 1. The summed E-state index contributed by atoms with van der Waals surface area (Å²) >= 11 is 0. The molecule has 0 saturated heterocycles. The Hall–Kier alpha value is -2.37. The fourth-order valence-electron chi connectivity index (χ4n) is 1.64. The number of nitrogen functional groups attached to an aromatic ring is 1. The molecule has 2 heterocycles. The SMILES string of the molecule is CCCNc1cc(-c2cnc(OC)c(N)c2)ncn1. The summed E-state index contributed by atoms with van der Waals surface area (Å²) in [5.41, 5.74) is 7.94. The van der Waals surface area contributed by atoms with Gasteiger partial charge in [0.1, 0.15) is 12.1 Å². The smallest absolute Gasteiger partial charge is 0.236 e. The first kappa shape index (κ1) is 13.1. The fraction of sp³-hybridized carbons (Fsp3) is 0.308. The van der Waals surface area contributed by atoms with Gasteiger partial charge in [-0.15, -0.1) is 0 Å². The van der Waals surface area contributed by atoms with E-state index < -0.39 is 0 Å². The van der Waals surface area contributed by atoms with E-state index in [-0.39, 0.29) is 0 Å². The zero-order valence-corrected chi connectivity index (χ0v) is 11.1. The molecule has 0 fully saturated rings. The van der Waals surface area contributed by atoms with Gasteiger partial charge in [-0.3, -0.25) is 0 Å². The standard InChI is InChI=1S/C13H17N5O/c1-3-4-15-12-6-11(17-8-18-12)9-5-10(14)13(19-2)16-7-9/h5-8H,3-4,14H2,1-2H3,(H,15,17,18). The van der Waals surface area contributed by atoms with Gasteiger partial charge in [-0.05, 0) is 12.5 Å². The lowest BCUT2D eigenvalue weighted by atomic mass is 10.2. The monoisotopic (exact) mass is 259 g/mol. The third kappa shape index (κ3) is 3.09. The predicted molar refractivity (Wildman–Crippen MR) is 75.0 cm³/mol. The van der Waals surface area contributed by atoms with Gasteiger partial charge >= 0.3 is 0 Å². The van der Waals surface area contributed by atoms with Crippen molar-refractivity contribution in [3.05, 3.63) is 24.7 Å². The number of rotatable bonds is 5. The Labute approximate surface area is 112 Å². The van der Waals surface area contributed by atoms with Crippen LogP contribution in [0.1, 0.15) is 13.3 Å². The van der Waals surface area contributed by atoms with Crippen molar-refractivity contribution in [2.45, 2.75) is 13.3 Å². The van der Waals surface area contributed by atoms with Gasteiger partial charge in [-0.25, -0.2) is 15.0 Å². The molecular weight excluding hydrogens is 242 g/mol. The van der Waals surface area contributed by atoms with Crippen LogP contribution in [-0.4, -0.2) is 28.6 Å². The molecular formula is C13H17N5O. The van der Waals surface area contributed by atoms with Crippen LogP contribution in [0.3, 0.4) is 0 Å². The van der Waals surface area contributed by atoms with Crippen molar-refractivity contribution in [1.82, 2.24) is 15.0 Å². The average molecular weight is 259 g/mol. The second-order valence-electron chi connectivity index (χ2n) is 4.04. The third-order valence-corrected chi connectivity index (χ3v) is 2.59. The highest BCUT2D eigenvalue weighted by Gasteiger charge is 2.06. The van der Waals surface area contributed by atoms with E-state index >= 15 is 0 Å². The molecule has 6 heteroatoms. The topological polar surface area (TPSA) is 86.0 Å². The van der Waals surface area contributed by atoms with Crippen molar-refractivity contribution in [2.75, 3.05) is 24.7 Å². The number of anilines is 2. The highest BCUT2D eigenvalue weighted by molar-refractivity contribution is 5.67. The molecule has 0 aromatic carbocycles. The Balaban J connectivity index is 2.28. The minimum Gasteiger partial charge on any atom is -0.480 e. The van der Waals surface area contributed by atoms with Crippen molar-refractivity contribution in [1.29, 1.82) is 0 Å². The van der Waals surface area contributed by atoms with Gasteiger partial charge in [-0.1, -0.05) is 6.92 Å². The molecule has 0 spiro atoms. The predicted octanol–water partition coefficient (Wildman–Crippen LogP) is 1.95. The first-order valence-electron chi connectivity index (χ1n) is 6.10. The fourth-order valence-corrected chi connectivity index (χ4v) is 1.64. The Kier molecular flexibility index (Phi) is 4.12. The maximum absolute atomic E-state index is 5.84. The van der Waals surface area contributed by atoms with Gasteiger partial charge in [-0.2, -0.15) is 0 Å². The van der Waals surface area contributed by atoms with Crippen LogP contribution in [0.2, 0.25) is 0 Å². The number of nitrogens with two attached hydrogens (primary N) is 1. The summed E-state index contributed by atoms with van der Waals surface area (Å²) in [6.07, 6.45) is 4.24. The second kappa shape index (κ2) is 5.99.